The van der Waals surface area contributed by atoms with Crippen molar-refractivity contribution in [2.75, 3.05) is 0 Å². The number of benzene rings is 2. The second kappa shape index (κ2) is 8.30. The van der Waals surface area contributed by atoms with Gasteiger partial charge >= 0.3 is 0 Å². The summed E-state index contributed by atoms with van der Waals surface area (Å²) in [5.74, 6) is -0.633. The van der Waals surface area contributed by atoms with Gasteiger partial charge < -0.3 is 9.73 Å². The quantitative estimate of drug-likeness (QED) is 0.634. The van der Waals surface area contributed by atoms with Crippen LogP contribution in [0, 0.1) is 11.6 Å². The van der Waals surface area contributed by atoms with Crippen LogP contribution < -0.4 is 5.32 Å². The van der Waals surface area contributed by atoms with Crippen molar-refractivity contribution in [3.63, 3.8) is 0 Å². The number of nitrogens with one attached hydrogen (secondary N) is 1. The molecule has 3 rings (SSSR count). The van der Waals surface area contributed by atoms with E-state index in [2.05, 4.69) is 15.5 Å². The highest BCUT2D eigenvalue weighted by atomic mass is 32.2. The van der Waals surface area contributed by atoms with Crippen LogP contribution in [0.25, 0.3) is 11.5 Å². The Morgan fingerprint density at radius 1 is 1.00 bits per heavy atom. The van der Waals surface area contributed by atoms with Gasteiger partial charge in [0, 0.05) is 5.56 Å². The Morgan fingerprint density at radius 3 is 2.22 bits per heavy atom. The van der Waals surface area contributed by atoms with Gasteiger partial charge in [-0.25, -0.2) is 8.78 Å². The molecule has 2 aromatic carbocycles. The normalized spacial score (nSPS) is 13.2. The zero-order valence-electron chi connectivity index (χ0n) is 14.6. The van der Waals surface area contributed by atoms with Crippen molar-refractivity contribution in [3.05, 3.63) is 65.7 Å². The Balaban J connectivity index is 1.59. The smallest absolute Gasteiger partial charge is 0.277 e. The Labute approximate surface area is 159 Å². The predicted molar refractivity (Wildman–Crippen MR) is 98.0 cm³/mol. The van der Waals surface area contributed by atoms with Crippen LogP contribution in [-0.2, 0) is 4.79 Å². The molecule has 0 bridgehead atoms. The van der Waals surface area contributed by atoms with E-state index in [9.17, 15) is 13.6 Å². The fourth-order valence-electron chi connectivity index (χ4n) is 2.34. The first-order valence-corrected chi connectivity index (χ1v) is 9.12. The van der Waals surface area contributed by atoms with E-state index in [4.69, 9.17) is 4.42 Å². The van der Waals surface area contributed by atoms with Crippen LogP contribution in [0.15, 0.2) is 58.2 Å². The van der Waals surface area contributed by atoms with E-state index in [0.717, 1.165) is 17.3 Å². The number of halogens is 2. The number of nitrogens with zero attached hydrogens (tertiary/aromatic N) is 2. The summed E-state index contributed by atoms with van der Waals surface area (Å²) < 4.78 is 31.5. The second-order valence-electron chi connectivity index (χ2n) is 5.92. The van der Waals surface area contributed by atoms with Crippen molar-refractivity contribution in [3.8, 4) is 11.5 Å². The number of hydrogen-bond donors (Lipinski definition) is 1. The van der Waals surface area contributed by atoms with Gasteiger partial charge in [0.25, 0.3) is 5.22 Å². The van der Waals surface area contributed by atoms with E-state index in [1.165, 1.54) is 36.4 Å². The first kappa shape index (κ1) is 19.0. The van der Waals surface area contributed by atoms with Crippen LogP contribution in [0.2, 0.25) is 0 Å². The van der Waals surface area contributed by atoms with E-state index in [-0.39, 0.29) is 34.7 Å². The molecule has 0 saturated carbocycles. The summed E-state index contributed by atoms with van der Waals surface area (Å²) in [6.07, 6.45) is 0. The average Bonchev–Trinajstić information content (AvgIpc) is 3.11. The van der Waals surface area contributed by atoms with Gasteiger partial charge in [-0.1, -0.05) is 23.9 Å². The molecular formula is C19H17F2N3O2S. The highest BCUT2D eigenvalue weighted by molar-refractivity contribution is 8.00. The molecule has 0 spiro atoms. The lowest BCUT2D eigenvalue weighted by molar-refractivity contribution is -0.120. The number of carbonyl (C=O) groups excluding carboxylic acids is 1. The Bertz CT molecular complexity index is 913. The molecule has 1 aromatic heterocycles. The largest absolute Gasteiger partial charge is 0.411 e. The molecular weight excluding hydrogens is 372 g/mol. The van der Waals surface area contributed by atoms with Gasteiger partial charge in [0.1, 0.15) is 11.6 Å². The summed E-state index contributed by atoms with van der Waals surface area (Å²) in [6.45, 7) is 3.54. The van der Waals surface area contributed by atoms with Crippen LogP contribution >= 0.6 is 11.8 Å². The minimum Gasteiger partial charge on any atom is -0.411 e. The molecule has 0 aliphatic rings. The monoisotopic (exact) mass is 389 g/mol. The minimum absolute atomic E-state index is 0.210. The van der Waals surface area contributed by atoms with Gasteiger partial charge in [0.05, 0.1) is 11.3 Å². The third-order valence-electron chi connectivity index (χ3n) is 3.87. The summed E-state index contributed by atoms with van der Waals surface area (Å²) in [4.78, 5) is 12.4. The summed E-state index contributed by atoms with van der Waals surface area (Å²) in [5, 5.41) is 10.5. The van der Waals surface area contributed by atoms with Crippen LogP contribution in [0.5, 0.6) is 0 Å². The van der Waals surface area contributed by atoms with E-state index >= 15 is 0 Å². The molecule has 27 heavy (non-hydrogen) atoms. The molecule has 3 aromatic rings. The molecule has 140 valence electrons. The van der Waals surface area contributed by atoms with Gasteiger partial charge in [-0.2, -0.15) is 0 Å². The van der Waals surface area contributed by atoms with Gasteiger partial charge in [-0.3, -0.25) is 4.79 Å². The van der Waals surface area contributed by atoms with Crippen molar-refractivity contribution in [1.29, 1.82) is 0 Å². The van der Waals surface area contributed by atoms with E-state index < -0.39 is 5.25 Å². The fourth-order valence-corrected chi connectivity index (χ4v) is 3.03. The van der Waals surface area contributed by atoms with Crippen LogP contribution in [-0.4, -0.2) is 21.4 Å². The number of thioether (sulfide) groups is 1. The SMILES string of the molecule is C[C@H](NC(=O)[C@@H](C)Sc1nnc(-c2ccc(F)cc2)o1)c1ccc(F)cc1. The fraction of sp³-hybridized carbons (Fsp3) is 0.211. The number of hydrogen-bond acceptors (Lipinski definition) is 5. The van der Waals surface area contributed by atoms with Crippen molar-refractivity contribution in [1.82, 2.24) is 15.5 Å². The highest BCUT2D eigenvalue weighted by Gasteiger charge is 2.20. The standard InChI is InChI=1S/C19H17F2N3O2S/c1-11(13-3-7-15(20)8-4-13)22-17(25)12(2)27-19-24-23-18(26-19)14-5-9-16(21)10-6-14/h3-12H,1-2H3,(H,22,25)/t11-,12+/m0/s1. The molecule has 0 aliphatic heterocycles. The van der Waals surface area contributed by atoms with Gasteiger partial charge in [0.2, 0.25) is 11.8 Å². The van der Waals surface area contributed by atoms with E-state index in [1.807, 2.05) is 6.92 Å². The third-order valence-corrected chi connectivity index (χ3v) is 4.81. The molecule has 0 fully saturated rings. The lowest BCUT2D eigenvalue weighted by Crippen LogP contribution is -2.33. The van der Waals surface area contributed by atoms with Crippen molar-refractivity contribution in [2.24, 2.45) is 0 Å². The third kappa shape index (κ3) is 4.91. The molecule has 1 N–H and O–H groups in total. The summed E-state index contributed by atoms with van der Waals surface area (Å²) in [5.41, 5.74) is 1.40. The van der Waals surface area contributed by atoms with Gasteiger partial charge in [0.15, 0.2) is 0 Å². The molecule has 0 unspecified atom stereocenters. The zero-order valence-corrected chi connectivity index (χ0v) is 15.5. The molecule has 2 atom stereocenters. The van der Waals surface area contributed by atoms with E-state index in [1.54, 1.807) is 19.1 Å². The lowest BCUT2D eigenvalue weighted by Gasteiger charge is -2.16. The van der Waals surface area contributed by atoms with Crippen LogP contribution in [0.1, 0.15) is 25.5 Å². The van der Waals surface area contributed by atoms with Crippen LogP contribution in [0.3, 0.4) is 0 Å². The van der Waals surface area contributed by atoms with Crippen molar-refractivity contribution in [2.45, 2.75) is 30.4 Å². The Hall–Kier alpha value is -2.74. The first-order chi connectivity index (χ1) is 12.9. The first-order valence-electron chi connectivity index (χ1n) is 8.24. The molecule has 8 heteroatoms. The summed E-state index contributed by atoms with van der Waals surface area (Å²) >= 11 is 1.12. The highest BCUT2D eigenvalue weighted by Crippen LogP contribution is 2.26. The number of amides is 1. The molecule has 0 saturated heterocycles. The minimum atomic E-state index is -0.477. The average molecular weight is 389 g/mol. The second-order valence-corrected chi connectivity index (χ2v) is 7.21. The Kier molecular flexibility index (Phi) is 5.85. The molecule has 0 radical (unpaired) electrons. The van der Waals surface area contributed by atoms with Crippen molar-refractivity contribution < 1.29 is 18.0 Å². The summed E-state index contributed by atoms with van der Waals surface area (Å²) in [6, 6.07) is 11.4. The maximum Gasteiger partial charge on any atom is 0.277 e. The van der Waals surface area contributed by atoms with Gasteiger partial charge in [-0.15, -0.1) is 10.2 Å². The molecule has 1 amide bonds. The lowest BCUT2D eigenvalue weighted by atomic mass is 10.1. The predicted octanol–water partition coefficient (Wildman–Crippen LogP) is 4.37. The maximum atomic E-state index is 13.0. The number of rotatable bonds is 6. The maximum absolute atomic E-state index is 13.0. The van der Waals surface area contributed by atoms with Crippen molar-refractivity contribution >= 4 is 17.7 Å². The van der Waals surface area contributed by atoms with Crippen LogP contribution in [0.4, 0.5) is 8.78 Å². The van der Waals surface area contributed by atoms with E-state index in [0.29, 0.717) is 5.56 Å². The molecule has 0 aliphatic carbocycles. The van der Waals surface area contributed by atoms with Gasteiger partial charge in [-0.05, 0) is 55.8 Å². The molecule has 5 nitrogen and oxygen atoms in total. The zero-order chi connectivity index (χ0) is 19.4. The Morgan fingerprint density at radius 2 is 1.59 bits per heavy atom. The number of carbonyl (C=O) groups is 1. The summed E-state index contributed by atoms with van der Waals surface area (Å²) in [7, 11) is 0. The topological polar surface area (TPSA) is 68.0 Å². The number of aromatic nitrogens is 2. The molecule has 1 heterocycles.